The molecule has 32 heavy (non-hydrogen) atoms. The van der Waals surface area contributed by atoms with Crippen LogP contribution in [0.15, 0.2) is 24.3 Å². The number of amides is 2. The van der Waals surface area contributed by atoms with E-state index in [0.717, 1.165) is 45.1 Å². The third-order valence-corrected chi connectivity index (χ3v) is 7.80. The van der Waals surface area contributed by atoms with Gasteiger partial charge in [0, 0.05) is 23.8 Å². The highest BCUT2D eigenvalue weighted by molar-refractivity contribution is 5.95. The smallest absolute Gasteiger partial charge is 0.224 e. The van der Waals surface area contributed by atoms with E-state index in [1.807, 2.05) is 19.9 Å². The number of benzene rings is 1. The van der Waals surface area contributed by atoms with Gasteiger partial charge in [0.05, 0.1) is 12.1 Å². The number of aryl methyl sites for hydroxylation is 1. The quantitative estimate of drug-likeness (QED) is 0.658. The monoisotopic (exact) mass is 439 g/mol. The van der Waals surface area contributed by atoms with E-state index in [9.17, 15) is 14.4 Å². The van der Waals surface area contributed by atoms with Crippen LogP contribution in [0, 0.1) is 17.8 Å². The zero-order chi connectivity index (χ0) is 22.7. The van der Waals surface area contributed by atoms with Crippen molar-refractivity contribution >= 4 is 17.6 Å². The second-order valence-electron chi connectivity index (χ2n) is 9.84. The van der Waals surface area contributed by atoms with E-state index in [0.29, 0.717) is 12.8 Å². The van der Waals surface area contributed by atoms with Crippen LogP contribution in [0.25, 0.3) is 0 Å². The summed E-state index contributed by atoms with van der Waals surface area (Å²) in [6, 6.07) is 7.88. The zero-order valence-electron chi connectivity index (χ0n) is 19.4. The van der Waals surface area contributed by atoms with E-state index in [-0.39, 0.29) is 47.4 Å². The highest BCUT2D eigenvalue weighted by Gasteiger charge is 2.47. The fraction of sp³-hybridized carbons (Fsp3) is 0.654. The Bertz CT molecular complexity index is 854. The van der Waals surface area contributed by atoms with Crippen LogP contribution >= 0.6 is 0 Å². The maximum Gasteiger partial charge on any atom is 0.224 e. The molecule has 6 atom stereocenters. The van der Waals surface area contributed by atoms with Crippen molar-refractivity contribution in [3.8, 4) is 0 Å². The van der Waals surface area contributed by atoms with E-state index in [2.05, 4.69) is 34.1 Å². The molecule has 0 radical (unpaired) electrons. The van der Waals surface area contributed by atoms with Crippen molar-refractivity contribution in [3.05, 3.63) is 35.4 Å². The molecule has 2 amide bonds. The summed E-state index contributed by atoms with van der Waals surface area (Å²) >= 11 is 0. The molecule has 1 saturated carbocycles. The number of carbonyl (C=O) groups excluding carboxylic acids is 3. The zero-order valence-corrected chi connectivity index (χ0v) is 19.4. The third-order valence-electron chi connectivity index (χ3n) is 7.80. The predicted octanol–water partition coefficient (Wildman–Crippen LogP) is 3.06. The van der Waals surface area contributed by atoms with Crippen LogP contribution in [0.1, 0.15) is 76.0 Å². The van der Waals surface area contributed by atoms with Gasteiger partial charge in [0.1, 0.15) is 0 Å². The molecular formula is C26H37N3O3. The van der Waals surface area contributed by atoms with Gasteiger partial charge in [-0.25, -0.2) is 0 Å². The van der Waals surface area contributed by atoms with Gasteiger partial charge in [-0.1, -0.05) is 38.1 Å². The Hall–Kier alpha value is -2.21. The van der Waals surface area contributed by atoms with E-state index < -0.39 is 6.04 Å². The standard InChI is InChI=1S/C26H37N3O3/c1-3-16(2)25(31)29-22-12-7-15-27-21-14-13-19(23(21)24(22)30)26(32)28-20-11-6-9-17-8-4-5-10-18(17)20/h4-5,8,10,16,19-23,27H,3,6-7,9,11-15H2,1-2H3,(H,28,32)(H,29,31)/t16-,19?,20-,21?,22+,23?/m1/s1. The van der Waals surface area contributed by atoms with Gasteiger partial charge in [-0.3, -0.25) is 14.4 Å². The fourth-order valence-corrected chi connectivity index (χ4v) is 5.71. The van der Waals surface area contributed by atoms with Crippen LogP contribution < -0.4 is 16.0 Å². The first-order chi connectivity index (χ1) is 15.5. The Balaban J connectivity index is 1.49. The average molecular weight is 440 g/mol. The Morgan fingerprint density at radius 3 is 2.66 bits per heavy atom. The number of ketones is 1. The molecule has 0 aromatic heterocycles. The van der Waals surface area contributed by atoms with Crippen molar-refractivity contribution in [3.63, 3.8) is 0 Å². The topological polar surface area (TPSA) is 87.3 Å². The molecule has 0 spiro atoms. The lowest BCUT2D eigenvalue weighted by molar-refractivity contribution is -0.137. The number of nitrogens with one attached hydrogen (secondary N) is 3. The van der Waals surface area contributed by atoms with Crippen molar-refractivity contribution in [1.29, 1.82) is 0 Å². The van der Waals surface area contributed by atoms with Crippen molar-refractivity contribution in [2.75, 3.05) is 6.54 Å². The number of fused-ring (bicyclic) bond motifs is 2. The summed E-state index contributed by atoms with van der Waals surface area (Å²) in [5.41, 5.74) is 2.52. The molecule has 1 saturated heterocycles. The SMILES string of the molecule is CC[C@@H](C)C(=O)N[C@H]1CCCNC2CCC(C(=O)N[C@@H]3CCCc4ccccc43)C2C1=O. The van der Waals surface area contributed by atoms with E-state index in [1.165, 1.54) is 11.1 Å². The summed E-state index contributed by atoms with van der Waals surface area (Å²) in [6.45, 7) is 4.68. The van der Waals surface area contributed by atoms with Gasteiger partial charge in [0.2, 0.25) is 11.8 Å². The average Bonchev–Trinajstić information content (AvgIpc) is 3.22. The van der Waals surface area contributed by atoms with Crippen LogP contribution in [0.4, 0.5) is 0 Å². The normalized spacial score (nSPS) is 30.9. The summed E-state index contributed by atoms with van der Waals surface area (Å²) < 4.78 is 0. The molecule has 4 rings (SSSR count). The van der Waals surface area contributed by atoms with Crippen LogP contribution in [-0.4, -0.2) is 36.2 Å². The van der Waals surface area contributed by atoms with E-state index >= 15 is 0 Å². The lowest BCUT2D eigenvalue weighted by Gasteiger charge is -2.33. The van der Waals surface area contributed by atoms with Gasteiger partial charge in [-0.15, -0.1) is 0 Å². The maximum atomic E-state index is 13.6. The molecule has 0 bridgehead atoms. The van der Waals surface area contributed by atoms with Crippen LogP contribution in [-0.2, 0) is 20.8 Å². The van der Waals surface area contributed by atoms with Crippen molar-refractivity contribution < 1.29 is 14.4 Å². The predicted molar refractivity (Wildman–Crippen MR) is 124 cm³/mol. The van der Waals surface area contributed by atoms with Crippen LogP contribution in [0.5, 0.6) is 0 Å². The van der Waals surface area contributed by atoms with Crippen molar-refractivity contribution in [2.24, 2.45) is 17.8 Å². The molecule has 3 unspecified atom stereocenters. The number of carbonyl (C=O) groups is 3. The Morgan fingerprint density at radius 2 is 1.84 bits per heavy atom. The molecule has 1 aliphatic heterocycles. The second kappa shape index (κ2) is 10.2. The number of hydrogen-bond donors (Lipinski definition) is 3. The first-order valence-corrected chi connectivity index (χ1v) is 12.4. The molecule has 3 aliphatic rings. The first-order valence-electron chi connectivity index (χ1n) is 12.4. The molecule has 1 heterocycles. The minimum absolute atomic E-state index is 0.0121. The molecule has 3 N–H and O–H groups in total. The van der Waals surface area contributed by atoms with Crippen molar-refractivity contribution in [1.82, 2.24) is 16.0 Å². The van der Waals surface area contributed by atoms with Gasteiger partial charge < -0.3 is 16.0 Å². The Kier molecular flexibility index (Phi) is 7.29. The van der Waals surface area contributed by atoms with Crippen LogP contribution in [0.3, 0.4) is 0 Å². The molecule has 2 aliphatic carbocycles. The number of rotatable bonds is 5. The molecule has 6 heteroatoms. The molecule has 174 valence electrons. The number of hydrogen-bond acceptors (Lipinski definition) is 4. The summed E-state index contributed by atoms with van der Waals surface area (Å²) in [5.74, 6) is -0.876. The summed E-state index contributed by atoms with van der Waals surface area (Å²) in [4.78, 5) is 39.5. The fourth-order valence-electron chi connectivity index (χ4n) is 5.71. The van der Waals surface area contributed by atoms with Gasteiger partial charge >= 0.3 is 0 Å². The highest BCUT2D eigenvalue weighted by Crippen LogP contribution is 2.37. The first kappa shape index (κ1) is 23.0. The second-order valence-corrected chi connectivity index (χ2v) is 9.84. The maximum absolute atomic E-state index is 13.6. The summed E-state index contributed by atoms with van der Waals surface area (Å²) in [6.07, 6.45) is 6.79. The largest absolute Gasteiger partial charge is 0.349 e. The Labute approximate surface area is 191 Å². The molecule has 1 aromatic carbocycles. The van der Waals surface area contributed by atoms with Crippen molar-refractivity contribution in [2.45, 2.75) is 83.3 Å². The lowest BCUT2D eigenvalue weighted by atomic mass is 9.82. The van der Waals surface area contributed by atoms with E-state index in [1.54, 1.807) is 0 Å². The minimum atomic E-state index is -0.491. The molecule has 1 aromatic rings. The highest BCUT2D eigenvalue weighted by atomic mass is 16.2. The summed E-state index contributed by atoms with van der Waals surface area (Å²) in [7, 11) is 0. The van der Waals surface area contributed by atoms with Gasteiger partial charge in [-0.05, 0) is 69.0 Å². The van der Waals surface area contributed by atoms with Crippen LogP contribution in [0.2, 0.25) is 0 Å². The molecular weight excluding hydrogens is 402 g/mol. The summed E-state index contributed by atoms with van der Waals surface area (Å²) in [5, 5.41) is 9.80. The van der Waals surface area contributed by atoms with Gasteiger partial charge in [0.25, 0.3) is 0 Å². The minimum Gasteiger partial charge on any atom is -0.349 e. The van der Waals surface area contributed by atoms with E-state index in [4.69, 9.17) is 0 Å². The third kappa shape index (κ3) is 4.75. The molecule has 2 fully saturated rings. The number of Topliss-reactive ketones (excluding diaryl/α,β-unsaturated/α-hetero) is 1. The lowest BCUT2D eigenvalue weighted by Crippen LogP contribution is -2.53. The van der Waals surface area contributed by atoms with Gasteiger partial charge in [-0.2, -0.15) is 0 Å². The Morgan fingerprint density at radius 1 is 1.06 bits per heavy atom. The molecule has 6 nitrogen and oxygen atoms in total. The van der Waals surface area contributed by atoms with Gasteiger partial charge in [0.15, 0.2) is 5.78 Å².